The first-order chi connectivity index (χ1) is 15.5. The average Bonchev–Trinajstić information content (AvgIpc) is 3.43. The molecule has 2 saturated heterocycles. The zero-order valence-corrected chi connectivity index (χ0v) is 19.9. The fourth-order valence-corrected chi connectivity index (χ4v) is 6.76. The van der Waals surface area contributed by atoms with Crippen LogP contribution in [0.4, 0.5) is 0 Å². The van der Waals surface area contributed by atoms with Crippen molar-refractivity contribution in [3.8, 4) is 0 Å². The molecule has 0 N–H and O–H groups in total. The minimum atomic E-state index is -3.04. The lowest BCUT2D eigenvalue weighted by molar-refractivity contribution is -0.135. The Morgan fingerprint density at radius 2 is 1.81 bits per heavy atom. The SMILES string of the molecule is O=C(CN1CCN(C/C=C/c2ccccc2)CC1)N(Cc1cccs1)[C@@H]1CCS(=O)(=O)C1. The number of carbonyl (C=O) groups is 1. The predicted molar refractivity (Wildman–Crippen MR) is 130 cm³/mol. The molecular weight excluding hydrogens is 442 g/mol. The first-order valence-corrected chi connectivity index (χ1v) is 13.9. The van der Waals surface area contributed by atoms with E-state index in [1.807, 2.05) is 40.6 Å². The number of rotatable bonds is 8. The Balaban J connectivity index is 1.28. The number of thiophene rings is 1. The van der Waals surface area contributed by atoms with E-state index in [2.05, 4.69) is 34.1 Å². The van der Waals surface area contributed by atoms with E-state index in [-0.39, 0.29) is 23.5 Å². The Morgan fingerprint density at radius 3 is 2.47 bits per heavy atom. The van der Waals surface area contributed by atoms with Gasteiger partial charge in [0.15, 0.2) is 9.84 Å². The van der Waals surface area contributed by atoms with E-state index in [9.17, 15) is 13.2 Å². The number of hydrogen-bond acceptors (Lipinski definition) is 6. The molecule has 0 aliphatic carbocycles. The van der Waals surface area contributed by atoms with Crippen LogP contribution in [0, 0.1) is 0 Å². The molecule has 0 saturated carbocycles. The van der Waals surface area contributed by atoms with Gasteiger partial charge in [0.25, 0.3) is 0 Å². The van der Waals surface area contributed by atoms with Gasteiger partial charge in [-0.2, -0.15) is 0 Å². The first kappa shape index (κ1) is 23.2. The minimum absolute atomic E-state index is 0.0397. The molecule has 0 bridgehead atoms. The third-order valence-electron chi connectivity index (χ3n) is 6.17. The van der Waals surface area contributed by atoms with Gasteiger partial charge in [-0.05, 0) is 23.4 Å². The van der Waals surface area contributed by atoms with Crippen LogP contribution in [0.2, 0.25) is 0 Å². The van der Waals surface area contributed by atoms with Crippen molar-refractivity contribution in [1.82, 2.24) is 14.7 Å². The predicted octanol–water partition coefficient (Wildman–Crippen LogP) is 2.59. The van der Waals surface area contributed by atoms with Gasteiger partial charge < -0.3 is 4.90 Å². The molecule has 0 radical (unpaired) electrons. The summed E-state index contributed by atoms with van der Waals surface area (Å²) in [6, 6.07) is 14.1. The van der Waals surface area contributed by atoms with Crippen LogP contribution in [0.1, 0.15) is 16.9 Å². The molecule has 1 aromatic carbocycles. The smallest absolute Gasteiger partial charge is 0.237 e. The maximum atomic E-state index is 13.2. The lowest BCUT2D eigenvalue weighted by Crippen LogP contribution is -2.51. The summed E-state index contributed by atoms with van der Waals surface area (Å²) in [4.78, 5) is 20.7. The molecule has 32 heavy (non-hydrogen) atoms. The molecule has 172 valence electrons. The molecule has 2 aliphatic rings. The van der Waals surface area contributed by atoms with E-state index < -0.39 is 9.84 Å². The molecule has 2 aromatic rings. The first-order valence-electron chi connectivity index (χ1n) is 11.2. The van der Waals surface area contributed by atoms with Crippen LogP contribution in [0.3, 0.4) is 0 Å². The van der Waals surface area contributed by atoms with Gasteiger partial charge in [-0.15, -0.1) is 11.3 Å². The number of amides is 1. The normalized spacial score (nSPS) is 21.8. The second kappa shape index (κ2) is 10.7. The van der Waals surface area contributed by atoms with Crippen LogP contribution in [-0.2, 0) is 21.2 Å². The van der Waals surface area contributed by atoms with Gasteiger partial charge in [0.2, 0.25) is 5.91 Å². The lowest BCUT2D eigenvalue weighted by atomic mass is 10.2. The molecule has 0 spiro atoms. The summed E-state index contributed by atoms with van der Waals surface area (Å²) in [5, 5.41) is 1.99. The topological polar surface area (TPSA) is 60.9 Å². The Labute approximate surface area is 195 Å². The maximum Gasteiger partial charge on any atom is 0.237 e. The van der Waals surface area contributed by atoms with Crippen molar-refractivity contribution in [3.05, 3.63) is 64.4 Å². The standard InChI is InChI=1S/C24H31N3O3S2/c28-24(27(18-23-9-5-16-31-23)22-10-17-32(29,30)20-22)19-26-14-12-25(13-15-26)11-4-8-21-6-2-1-3-7-21/h1-9,16,22H,10-15,17-20H2/b8-4+/t22-/m1/s1. The van der Waals surface area contributed by atoms with Crippen molar-refractivity contribution < 1.29 is 13.2 Å². The van der Waals surface area contributed by atoms with Crippen molar-refractivity contribution in [3.63, 3.8) is 0 Å². The Bertz CT molecular complexity index is 998. The molecule has 1 aromatic heterocycles. The summed E-state index contributed by atoms with van der Waals surface area (Å²) >= 11 is 1.61. The summed E-state index contributed by atoms with van der Waals surface area (Å²) in [6.07, 6.45) is 4.88. The zero-order chi connectivity index (χ0) is 22.4. The fourth-order valence-electron chi connectivity index (χ4n) is 4.33. The summed E-state index contributed by atoms with van der Waals surface area (Å²) in [6.45, 7) is 5.31. The number of nitrogens with zero attached hydrogens (tertiary/aromatic N) is 3. The van der Waals surface area contributed by atoms with Gasteiger partial charge in [-0.25, -0.2) is 8.42 Å². The van der Waals surface area contributed by atoms with Crippen LogP contribution in [0.5, 0.6) is 0 Å². The van der Waals surface area contributed by atoms with Crippen LogP contribution in [0.15, 0.2) is 53.9 Å². The highest BCUT2D eigenvalue weighted by Gasteiger charge is 2.35. The molecule has 6 nitrogen and oxygen atoms in total. The molecule has 2 fully saturated rings. The Morgan fingerprint density at radius 1 is 1.06 bits per heavy atom. The summed E-state index contributed by atoms with van der Waals surface area (Å²) in [5.41, 5.74) is 1.21. The van der Waals surface area contributed by atoms with Crippen molar-refractivity contribution >= 4 is 33.2 Å². The quantitative estimate of drug-likeness (QED) is 0.590. The Kier molecular flexibility index (Phi) is 7.78. The van der Waals surface area contributed by atoms with E-state index in [1.165, 1.54) is 5.56 Å². The van der Waals surface area contributed by atoms with Gasteiger partial charge in [0.1, 0.15) is 0 Å². The Hall–Kier alpha value is -2.00. The molecule has 8 heteroatoms. The number of piperazine rings is 1. The second-order valence-electron chi connectivity index (χ2n) is 8.55. The highest BCUT2D eigenvalue weighted by atomic mass is 32.2. The molecule has 0 unspecified atom stereocenters. The number of benzene rings is 1. The number of carbonyl (C=O) groups excluding carboxylic acids is 1. The van der Waals surface area contributed by atoms with E-state index in [4.69, 9.17) is 0 Å². The zero-order valence-electron chi connectivity index (χ0n) is 18.3. The lowest BCUT2D eigenvalue weighted by Gasteiger charge is -2.36. The fraction of sp³-hybridized carbons (Fsp3) is 0.458. The average molecular weight is 474 g/mol. The van der Waals surface area contributed by atoms with Crippen LogP contribution >= 0.6 is 11.3 Å². The molecule has 4 rings (SSSR count). The molecule has 1 amide bonds. The third kappa shape index (κ3) is 6.51. The summed E-state index contributed by atoms with van der Waals surface area (Å²) in [7, 11) is -3.04. The van der Waals surface area contributed by atoms with Gasteiger partial charge in [-0.1, -0.05) is 48.6 Å². The van der Waals surface area contributed by atoms with Gasteiger partial charge in [0, 0.05) is 43.6 Å². The molecule has 3 heterocycles. The molecule has 1 atom stereocenters. The van der Waals surface area contributed by atoms with Crippen LogP contribution < -0.4 is 0 Å². The molecular formula is C24H31N3O3S2. The van der Waals surface area contributed by atoms with Crippen molar-refractivity contribution in [1.29, 1.82) is 0 Å². The summed E-state index contributed by atoms with van der Waals surface area (Å²) in [5.74, 6) is 0.310. The van der Waals surface area contributed by atoms with Gasteiger partial charge >= 0.3 is 0 Å². The number of hydrogen-bond donors (Lipinski definition) is 0. The highest BCUT2D eigenvalue weighted by molar-refractivity contribution is 7.91. The monoisotopic (exact) mass is 473 g/mol. The van der Waals surface area contributed by atoms with E-state index in [1.54, 1.807) is 11.3 Å². The van der Waals surface area contributed by atoms with Crippen molar-refractivity contribution in [2.24, 2.45) is 0 Å². The minimum Gasteiger partial charge on any atom is -0.332 e. The third-order valence-corrected chi connectivity index (χ3v) is 8.78. The highest BCUT2D eigenvalue weighted by Crippen LogP contribution is 2.22. The molecule has 2 aliphatic heterocycles. The number of sulfone groups is 1. The van der Waals surface area contributed by atoms with Gasteiger partial charge in [0.05, 0.1) is 24.6 Å². The van der Waals surface area contributed by atoms with Crippen molar-refractivity contribution in [2.45, 2.75) is 19.0 Å². The maximum absolute atomic E-state index is 13.2. The van der Waals surface area contributed by atoms with Crippen molar-refractivity contribution in [2.75, 3.05) is 50.8 Å². The largest absolute Gasteiger partial charge is 0.332 e. The summed E-state index contributed by atoms with van der Waals surface area (Å²) < 4.78 is 24.0. The van der Waals surface area contributed by atoms with Crippen LogP contribution in [0.25, 0.3) is 6.08 Å². The van der Waals surface area contributed by atoms with Gasteiger partial charge in [-0.3, -0.25) is 14.6 Å². The van der Waals surface area contributed by atoms with E-state index in [0.717, 1.165) is 37.6 Å². The van der Waals surface area contributed by atoms with E-state index in [0.29, 0.717) is 19.5 Å². The van der Waals surface area contributed by atoms with Crippen LogP contribution in [-0.4, -0.2) is 85.8 Å². The van der Waals surface area contributed by atoms with E-state index >= 15 is 0 Å². The second-order valence-corrected chi connectivity index (χ2v) is 11.8.